The van der Waals surface area contributed by atoms with E-state index in [0.29, 0.717) is 28.5 Å². The molecule has 4 rings (SSSR count). The summed E-state index contributed by atoms with van der Waals surface area (Å²) in [6.45, 7) is 1.97. The highest BCUT2D eigenvalue weighted by atomic mass is 32.1. The molecule has 3 aromatic carbocycles. The quantitative estimate of drug-likeness (QED) is 0.261. The molecule has 0 aliphatic rings. The summed E-state index contributed by atoms with van der Waals surface area (Å²) in [5.41, 5.74) is -0.337. The number of carbonyl (C=O) groups excluding carboxylic acids is 1. The highest BCUT2D eigenvalue weighted by Crippen LogP contribution is 2.36. The van der Waals surface area contributed by atoms with Crippen LogP contribution in [0.2, 0.25) is 0 Å². The van der Waals surface area contributed by atoms with Gasteiger partial charge in [-0.15, -0.1) is 11.3 Å². The number of aryl methyl sites for hydroxylation is 1. The van der Waals surface area contributed by atoms with E-state index in [4.69, 9.17) is 0 Å². The Kier molecular flexibility index (Phi) is 6.77. The number of alkyl halides is 6. The summed E-state index contributed by atoms with van der Waals surface area (Å²) in [5, 5.41) is 8.04. The third-order valence-corrected chi connectivity index (χ3v) is 5.82. The number of aromatic nitrogens is 1. The Bertz CT molecular complexity index is 1360. The molecular formula is C25H17F6N3OS. The molecule has 0 spiro atoms. The maximum absolute atomic E-state index is 13.1. The van der Waals surface area contributed by atoms with Gasteiger partial charge in [-0.3, -0.25) is 4.79 Å². The first-order valence-electron chi connectivity index (χ1n) is 10.4. The number of carbonyl (C=O) groups is 1. The lowest BCUT2D eigenvalue weighted by Crippen LogP contribution is -2.17. The highest BCUT2D eigenvalue weighted by molar-refractivity contribution is 7.14. The lowest BCUT2D eigenvalue weighted by atomic mass is 10.0. The molecule has 0 atom stereocenters. The average Bonchev–Trinajstić information content (AvgIpc) is 3.26. The number of nitrogens with one attached hydrogen (secondary N) is 2. The first kappa shape index (κ1) is 25.2. The minimum atomic E-state index is -5.04. The molecule has 0 aliphatic heterocycles. The van der Waals surface area contributed by atoms with Gasteiger partial charge in [0.2, 0.25) is 0 Å². The van der Waals surface area contributed by atoms with Crippen LogP contribution in [-0.4, -0.2) is 10.9 Å². The van der Waals surface area contributed by atoms with Crippen LogP contribution in [0.1, 0.15) is 27.0 Å². The Balaban J connectivity index is 1.49. The summed E-state index contributed by atoms with van der Waals surface area (Å²) >= 11 is 1.39. The standard InChI is InChI=1S/C25H17F6N3OS/c1-14-3-2-4-20(9-14)33-23-34-21(13-36-23)15-5-7-19(8-6-15)32-22(35)16-10-17(24(26,27)28)12-18(11-16)25(29,30)31/h2-13H,1H3,(H,32,35)(H,33,34). The van der Waals surface area contributed by atoms with Crippen molar-refractivity contribution >= 4 is 33.8 Å². The zero-order chi connectivity index (χ0) is 26.1. The molecule has 0 unspecified atom stereocenters. The SMILES string of the molecule is Cc1cccc(Nc2nc(-c3ccc(NC(=O)c4cc(C(F)(F)F)cc(C(F)(F)F)c4)cc3)cs2)c1. The Hall–Kier alpha value is -3.86. The van der Waals surface area contributed by atoms with E-state index in [9.17, 15) is 31.1 Å². The molecule has 1 aromatic heterocycles. The zero-order valence-corrected chi connectivity index (χ0v) is 19.3. The molecule has 0 saturated heterocycles. The molecule has 36 heavy (non-hydrogen) atoms. The van der Waals surface area contributed by atoms with Gasteiger partial charge in [-0.2, -0.15) is 26.3 Å². The normalized spacial score (nSPS) is 11.9. The molecule has 0 fully saturated rings. The van der Waals surface area contributed by atoms with Crippen molar-refractivity contribution < 1.29 is 31.1 Å². The number of thiazole rings is 1. The Morgan fingerprint density at radius 2 is 1.47 bits per heavy atom. The van der Waals surface area contributed by atoms with Crippen molar-refractivity contribution in [2.75, 3.05) is 10.6 Å². The van der Waals surface area contributed by atoms with E-state index in [0.717, 1.165) is 11.3 Å². The first-order valence-corrected chi connectivity index (χ1v) is 11.3. The van der Waals surface area contributed by atoms with Crippen LogP contribution in [0.15, 0.2) is 72.1 Å². The topological polar surface area (TPSA) is 54.0 Å². The number of hydrogen-bond donors (Lipinski definition) is 2. The van der Waals surface area contributed by atoms with E-state index >= 15 is 0 Å². The first-order chi connectivity index (χ1) is 16.9. The molecular weight excluding hydrogens is 504 g/mol. The number of hydrogen-bond acceptors (Lipinski definition) is 4. The van der Waals surface area contributed by atoms with Gasteiger partial charge in [-0.25, -0.2) is 4.98 Å². The van der Waals surface area contributed by atoms with Crippen molar-refractivity contribution in [3.63, 3.8) is 0 Å². The van der Waals surface area contributed by atoms with Crippen LogP contribution < -0.4 is 10.6 Å². The molecule has 11 heteroatoms. The molecule has 4 nitrogen and oxygen atoms in total. The van der Waals surface area contributed by atoms with Gasteiger partial charge >= 0.3 is 12.4 Å². The second kappa shape index (κ2) is 9.65. The second-order valence-corrected chi connectivity index (χ2v) is 8.72. The van der Waals surface area contributed by atoms with Gasteiger partial charge < -0.3 is 10.6 Å². The largest absolute Gasteiger partial charge is 0.416 e. The molecule has 2 N–H and O–H groups in total. The van der Waals surface area contributed by atoms with Crippen molar-refractivity contribution in [3.8, 4) is 11.3 Å². The molecule has 0 radical (unpaired) electrons. The number of anilines is 3. The Morgan fingerprint density at radius 1 is 0.833 bits per heavy atom. The maximum Gasteiger partial charge on any atom is 0.416 e. The van der Waals surface area contributed by atoms with Gasteiger partial charge in [0.15, 0.2) is 5.13 Å². The van der Waals surface area contributed by atoms with Crippen molar-refractivity contribution in [3.05, 3.63) is 94.4 Å². The fraction of sp³-hybridized carbons (Fsp3) is 0.120. The van der Waals surface area contributed by atoms with Crippen LogP contribution in [0.25, 0.3) is 11.3 Å². The average molecular weight is 521 g/mol. The van der Waals surface area contributed by atoms with Gasteiger partial charge in [-0.05, 0) is 55.0 Å². The summed E-state index contributed by atoms with van der Waals surface area (Å²) in [4.78, 5) is 17.0. The van der Waals surface area contributed by atoms with Crippen LogP contribution in [0.4, 0.5) is 42.8 Å². The summed E-state index contributed by atoms with van der Waals surface area (Å²) in [7, 11) is 0. The predicted molar refractivity (Wildman–Crippen MR) is 126 cm³/mol. The second-order valence-electron chi connectivity index (χ2n) is 7.86. The summed E-state index contributed by atoms with van der Waals surface area (Å²) in [6.07, 6.45) is -10.1. The fourth-order valence-corrected chi connectivity index (χ4v) is 4.06. The van der Waals surface area contributed by atoms with Crippen LogP contribution >= 0.6 is 11.3 Å². The molecule has 186 valence electrons. The van der Waals surface area contributed by atoms with Gasteiger partial charge in [-0.1, -0.05) is 24.3 Å². The number of nitrogens with zero attached hydrogens (tertiary/aromatic N) is 1. The molecule has 4 aromatic rings. The van der Waals surface area contributed by atoms with Crippen molar-refractivity contribution in [1.29, 1.82) is 0 Å². The number of benzene rings is 3. The molecule has 0 saturated carbocycles. The van der Waals surface area contributed by atoms with Gasteiger partial charge in [0.25, 0.3) is 5.91 Å². The van der Waals surface area contributed by atoms with E-state index in [1.807, 2.05) is 36.6 Å². The van der Waals surface area contributed by atoms with Crippen LogP contribution in [0.5, 0.6) is 0 Å². The molecule has 0 aliphatic carbocycles. The van der Waals surface area contributed by atoms with E-state index < -0.39 is 35.0 Å². The minimum Gasteiger partial charge on any atom is -0.332 e. The van der Waals surface area contributed by atoms with E-state index in [1.165, 1.54) is 23.5 Å². The minimum absolute atomic E-state index is 0.0263. The predicted octanol–water partition coefficient (Wildman–Crippen LogP) is 8.15. The molecule has 1 heterocycles. The summed E-state index contributed by atoms with van der Waals surface area (Å²) in [6, 6.07) is 14.8. The third-order valence-electron chi connectivity index (χ3n) is 5.06. The Labute approximate surface area is 205 Å². The van der Waals surface area contributed by atoms with Crippen molar-refractivity contribution in [2.45, 2.75) is 19.3 Å². The van der Waals surface area contributed by atoms with Gasteiger partial charge in [0.1, 0.15) is 0 Å². The monoisotopic (exact) mass is 521 g/mol. The Morgan fingerprint density at radius 3 is 2.06 bits per heavy atom. The molecule has 0 bridgehead atoms. The number of rotatable bonds is 5. The number of halogens is 6. The van der Waals surface area contributed by atoms with Crippen molar-refractivity contribution in [1.82, 2.24) is 4.98 Å². The van der Waals surface area contributed by atoms with Crippen LogP contribution in [-0.2, 0) is 12.4 Å². The highest BCUT2D eigenvalue weighted by Gasteiger charge is 2.37. The van der Waals surface area contributed by atoms with E-state index in [1.54, 1.807) is 12.1 Å². The van der Waals surface area contributed by atoms with E-state index in [2.05, 4.69) is 15.6 Å². The number of amides is 1. The molecule has 1 amide bonds. The van der Waals surface area contributed by atoms with Crippen LogP contribution in [0.3, 0.4) is 0 Å². The smallest absolute Gasteiger partial charge is 0.332 e. The lowest BCUT2D eigenvalue weighted by molar-refractivity contribution is -0.143. The van der Waals surface area contributed by atoms with Crippen molar-refractivity contribution in [2.24, 2.45) is 0 Å². The summed E-state index contributed by atoms with van der Waals surface area (Å²) in [5.74, 6) is -1.10. The lowest BCUT2D eigenvalue weighted by Gasteiger charge is -2.14. The van der Waals surface area contributed by atoms with E-state index in [-0.39, 0.29) is 11.8 Å². The maximum atomic E-state index is 13.1. The fourth-order valence-electron chi connectivity index (χ4n) is 3.32. The van der Waals surface area contributed by atoms with Gasteiger partial charge in [0, 0.05) is 27.9 Å². The van der Waals surface area contributed by atoms with Crippen LogP contribution in [0, 0.1) is 6.92 Å². The summed E-state index contributed by atoms with van der Waals surface area (Å²) < 4.78 is 78.4. The van der Waals surface area contributed by atoms with Gasteiger partial charge in [0.05, 0.1) is 16.8 Å². The zero-order valence-electron chi connectivity index (χ0n) is 18.5. The third kappa shape index (κ3) is 6.03.